The number of nitrogens with one attached hydrogen (secondary N) is 2. The van der Waals surface area contributed by atoms with E-state index in [-0.39, 0.29) is 41.9 Å². The predicted octanol–water partition coefficient (Wildman–Crippen LogP) is -4.05. The number of carbonyl (C=O) groups excluding carboxylic acids is 4. The van der Waals surface area contributed by atoms with Crippen LogP contribution in [0.3, 0.4) is 0 Å². The topological polar surface area (TPSA) is 170 Å². The number of thioether (sulfide) groups is 1. The molecule has 2 aliphatic heterocycles. The van der Waals surface area contributed by atoms with Gasteiger partial charge in [-0.15, -0.1) is 11.8 Å². The summed E-state index contributed by atoms with van der Waals surface area (Å²) in [6.07, 6.45) is 3.10. The minimum Gasteiger partial charge on any atom is -0.548 e. The van der Waals surface area contributed by atoms with Gasteiger partial charge in [0.2, 0.25) is 17.7 Å². The smallest absolute Gasteiger partial charge is 0.548 e. The SMILES string of the molecule is CC1(C)S[C@@H]2[C@H](NC(=O)C(NC(=O)CN=C(N)c3ccncc3)c3ccccc3)C(=O)N2[C@H]1C(=O)[O-].[Na+]. The number of amidine groups is 1. The first-order valence-electron chi connectivity index (χ1n) is 11.2. The molecule has 0 radical (unpaired) electrons. The van der Waals surface area contributed by atoms with E-state index in [0.29, 0.717) is 11.1 Å². The molecule has 37 heavy (non-hydrogen) atoms. The van der Waals surface area contributed by atoms with Gasteiger partial charge in [-0.3, -0.25) is 24.4 Å². The molecule has 11 nitrogen and oxygen atoms in total. The maximum Gasteiger partial charge on any atom is 1.00 e. The standard InChI is InChI=1S/C24H26N6O5S.Na/c1-24(2)18(23(34)35)30-21(33)17(22(30)36-24)29-20(32)16(13-6-4-3-5-7-13)28-15(31)12-27-19(25)14-8-10-26-11-9-14;/h3-11,16-18,22H,12H2,1-2H3,(H2,25,27)(H,28,31)(H,29,32)(H,34,35);/q;+1/p-1/t16?,17-,18+,22-;/m1./s1. The van der Waals surface area contributed by atoms with Gasteiger partial charge in [-0.05, 0) is 31.5 Å². The Kier molecular flexibility index (Phi) is 9.00. The summed E-state index contributed by atoms with van der Waals surface area (Å²) < 4.78 is -0.779. The van der Waals surface area contributed by atoms with Crippen molar-refractivity contribution in [2.45, 2.75) is 42.1 Å². The normalized spacial score (nSPS) is 22.6. The molecule has 188 valence electrons. The summed E-state index contributed by atoms with van der Waals surface area (Å²) in [7, 11) is 0. The third-order valence-electron chi connectivity index (χ3n) is 6.03. The molecule has 0 spiro atoms. The molecular formula is C24H25N6NaO5S. The number of rotatable bonds is 8. The van der Waals surface area contributed by atoms with Crippen LogP contribution < -0.4 is 51.0 Å². The Labute approximate surface area is 240 Å². The van der Waals surface area contributed by atoms with Crippen LogP contribution in [-0.4, -0.2) is 68.2 Å². The van der Waals surface area contributed by atoms with E-state index in [9.17, 15) is 24.3 Å². The minimum atomic E-state index is -1.34. The van der Waals surface area contributed by atoms with Crippen LogP contribution in [-0.2, 0) is 19.2 Å². The molecule has 13 heteroatoms. The molecule has 0 bridgehead atoms. The van der Waals surface area contributed by atoms with Crippen molar-refractivity contribution in [1.29, 1.82) is 0 Å². The molecule has 1 aromatic heterocycles. The molecule has 2 saturated heterocycles. The molecule has 2 fully saturated rings. The Bertz CT molecular complexity index is 1210. The summed E-state index contributed by atoms with van der Waals surface area (Å²) >= 11 is 1.28. The first-order valence-corrected chi connectivity index (χ1v) is 12.0. The number of hydrogen-bond acceptors (Lipinski definition) is 8. The number of pyridine rings is 1. The van der Waals surface area contributed by atoms with Gasteiger partial charge in [0.15, 0.2) is 0 Å². The van der Waals surface area contributed by atoms with Gasteiger partial charge in [0.1, 0.15) is 29.8 Å². The second-order valence-corrected chi connectivity index (χ2v) is 10.7. The number of carbonyl (C=O) groups is 4. The Morgan fingerprint density at radius 3 is 2.46 bits per heavy atom. The monoisotopic (exact) mass is 532 g/mol. The fraction of sp³-hybridized carbons (Fsp3) is 0.333. The van der Waals surface area contributed by atoms with Crippen molar-refractivity contribution in [1.82, 2.24) is 20.5 Å². The zero-order chi connectivity index (χ0) is 26.0. The number of aliphatic carboxylic acids is 1. The number of β-lactam (4-membered cyclic amide) rings is 1. The van der Waals surface area contributed by atoms with E-state index in [4.69, 9.17) is 5.73 Å². The number of nitrogens with two attached hydrogens (primary N) is 1. The number of amides is 3. The van der Waals surface area contributed by atoms with Crippen molar-refractivity contribution in [2.24, 2.45) is 10.7 Å². The van der Waals surface area contributed by atoms with Crippen LogP contribution >= 0.6 is 11.8 Å². The van der Waals surface area contributed by atoms with E-state index in [0.717, 1.165) is 0 Å². The van der Waals surface area contributed by atoms with Crippen molar-refractivity contribution >= 4 is 41.3 Å². The van der Waals surface area contributed by atoms with E-state index in [1.807, 2.05) is 0 Å². The summed E-state index contributed by atoms with van der Waals surface area (Å²) in [4.78, 5) is 59.5. The Morgan fingerprint density at radius 2 is 1.84 bits per heavy atom. The summed E-state index contributed by atoms with van der Waals surface area (Å²) in [5.74, 6) is -2.85. The molecule has 4 rings (SSSR count). The Hall–Kier alpha value is -2.93. The van der Waals surface area contributed by atoms with Gasteiger partial charge in [-0.25, -0.2) is 0 Å². The molecule has 0 saturated carbocycles. The van der Waals surface area contributed by atoms with Crippen molar-refractivity contribution < 1.29 is 53.8 Å². The third-order valence-corrected chi connectivity index (χ3v) is 7.60. The second-order valence-electron chi connectivity index (χ2n) is 8.91. The third kappa shape index (κ3) is 5.98. The van der Waals surface area contributed by atoms with Crippen molar-refractivity contribution in [3.8, 4) is 0 Å². The van der Waals surface area contributed by atoms with Crippen molar-refractivity contribution in [2.75, 3.05) is 6.54 Å². The molecule has 2 aromatic rings. The van der Waals surface area contributed by atoms with Gasteiger partial charge in [0.25, 0.3) is 0 Å². The quantitative estimate of drug-likeness (QED) is 0.134. The summed E-state index contributed by atoms with van der Waals surface area (Å²) in [5, 5.41) is 16.4. The number of carboxylic acids is 1. The summed E-state index contributed by atoms with van der Waals surface area (Å²) in [6, 6.07) is 8.75. The Morgan fingerprint density at radius 1 is 1.19 bits per heavy atom. The number of aromatic nitrogens is 1. The first kappa shape index (κ1) is 28.6. The van der Waals surface area contributed by atoms with E-state index in [2.05, 4.69) is 20.6 Å². The summed E-state index contributed by atoms with van der Waals surface area (Å²) in [6.45, 7) is 3.11. The van der Waals surface area contributed by atoms with Gasteiger partial charge in [-0.1, -0.05) is 30.3 Å². The average molecular weight is 533 g/mol. The Balaban J connectivity index is 0.00000380. The number of benzene rings is 1. The maximum atomic E-state index is 13.3. The van der Waals surface area contributed by atoms with Crippen LogP contribution in [0.15, 0.2) is 59.9 Å². The van der Waals surface area contributed by atoms with Gasteiger partial charge >= 0.3 is 29.6 Å². The number of nitrogens with zero attached hydrogens (tertiary/aromatic N) is 3. The summed E-state index contributed by atoms with van der Waals surface area (Å²) in [5.41, 5.74) is 7.04. The molecular weight excluding hydrogens is 507 g/mol. The zero-order valence-electron chi connectivity index (χ0n) is 20.6. The minimum absolute atomic E-state index is 0. The van der Waals surface area contributed by atoms with Crippen LogP contribution in [0.25, 0.3) is 0 Å². The molecule has 2 aliphatic rings. The van der Waals surface area contributed by atoms with Crippen LogP contribution in [0.5, 0.6) is 0 Å². The fourth-order valence-electron chi connectivity index (χ4n) is 4.29. The number of fused-ring (bicyclic) bond motifs is 1. The second kappa shape index (κ2) is 11.6. The number of hydrogen-bond donors (Lipinski definition) is 3. The van der Waals surface area contributed by atoms with Crippen LogP contribution in [0, 0.1) is 0 Å². The van der Waals surface area contributed by atoms with E-state index >= 15 is 0 Å². The van der Waals surface area contributed by atoms with E-state index in [1.54, 1.807) is 68.7 Å². The number of aliphatic imine (C=N–C) groups is 1. The van der Waals surface area contributed by atoms with Gasteiger partial charge in [0, 0.05) is 22.7 Å². The van der Waals surface area contributed by atoms with E-state index in [1.165, 1.54) is 16.7 Å². The fourth-order valence-corrected chi connectivity index (χ4v) is 5.91. The predicted molar refractivity (Wildman–Crippen MR) is 130 cm³/mol. The average Bonchev–Trinajstić information content (AvgIpc) is 3.13. The number of carboxylic acid groups (broad SMARTS) is 1. The van der Waals surface area contributed by atoms with Crippen molar-refractivity contribution in [3.05, 3.63) is 66.0 Å². The van der Waals surface area contributed by atoms with E-state index < -0.39 is 51.9 Å². The van der Waals surface area contributed by atoms with Crippen LogP contribution in [0.1, 0.15) is 31.0 Å². The van der Waals surface area contributed by atoms with Gasteiger partial charge in [0.05, 0.1) is 12.0 Å². The zero-order valence-corrected chi connectivity index (χ0v) is 23.4. The van der Waals surface area contributed by atoms with Gasteiger partial charge < -0.3 is 31.2 Å². The molecule has 3 heterocycles. The molecule has 1 unspecified atom stereocenters. The molecule has 4 atom stereocenters. The molecule has 3 amide bonds. The first-order chi connectivity index (χ1) is 17.1. The van der Waals surface area contributed by atoms with Crippen LogP contribution in [0.4, 0.5) is 0 Å². The largest absolute Gasteiger partial charge is 1.00 e. The van der Waals surface area contributed by atoms with Gasteiger partial charge in [-0.2, -0.15) is 0 Å². The maximum absolute atomic E-state index is 13.3. The molecule has 4 N–H and O–H groups in total. The molecule has 0 aliphatic carbocycles. The molecule has 1 aromatic carbocycles. The van der Waals surface area contributed by atoms with Crippen molar-refractivity contribution in [3.63, 3.8) is 0 Å². The van der Waals surface area contributed by atoms with Crippen LogP contribution in [0.2, 0.25) is 0 Å².